The summed E-state index contributed by atoms with van der Waals surface area (Å²) in [6.07, 6.45) is 6.69. The van der Waals surface area contributed by atoms with Crippen LogP contribution in [0.4, 0.5) is 13.2 Å². The number of carbonyl (C=O) groups excluding carboxylic acids is 1. The molecular weight excluding hydrogens is 377 g/mol. The van der Waals surface area contributed by atoms with Crippen LogP contribution in [0.1, 0.15) is 49.7 Å². The fourth-order valence-corrected chi connectivity index (χ4v) is 5.10. The van der Waals surface area contributed by atoms with Crippen molar-refractivity contribution in [1.29, 1.82) is 0 Å². The number of nitrogens with one attached hydrogen (secondary N) is 1. The van der Waals surface area contributed by atoms with E-state index in [9.17, 15) is 18.0 Å². The molecule has 0 aromatic heterocycles. The number of benzene rings is 1. The highest BCUT2D eigenvalue weighted by Crippen LogP contribution is 2.59. The highest BCUT2D eigenvalue weighted by atomic mass is 19.4. The van der Waals surface area contributed by atoms with E-state index in [1.165, 1.54) is 31.4 Å². The molecule has 0 radical (unpaired) electrons. The molecule has 1 saturated carbocycles. The summed E-state index contributed by atoms with van der Waals surface area (Å²) in [6.45, 7) is 3.13. The minimum atomic E-state index is -4.40. The molecule has 6 heteroatoms. The molecule has 1 aliphatic heterocycles. The average Bonchev–Trinajstić information content (AvgIpc) is 3.42. The van der Waals surface area contributed by atoms with Crippen LogP contribution in [-0.2, 0) is 17.5 Å². The van der Waals surface area contributed by atoms with Crippen LogP contribution in [0.15, 0.2) is 36.4 Å². The van der Waals surface area contributed by atoms with E-state index in [1.54, 1.807) is 6.07 Å². The third kappa shape index (κ3) is 4.68. The first-order chi connectivity index (χ1) is 13.9. The number of halogens is 3. The molecule has 2 atom stereocenters. The van der Waals surface area contributed by atoms with Crippen LogP contribution >= 0.6 is 0 Å². The second-order valence-electron chi connectivity index (χ2n) is 8.94. The molecule has 0 bridgehead atoms. The maximum absolute atomic E-state index is 13.1. The minimum Gasteiger partial charge on any atom is -0.352 e. The summed E-state index contributed by atoms with van der Waals surface area (Å²) in [6, 6.07) is 5.46. The first-order valence-corrected chi connectivity index (χ1v) is 10.7. The zero-order chi connectivity index (χ0) is 20.5. The van der Waals surface area contributed by atoms with Gasteiger partial charge < -0.3 is 10.2 Å². The van der Waals surface area contributed by atoms with Gasteiger partial charge in [-0.1, -0.05) is 30.4 Å². The predicted molar refractivity (Wildman–Crippen MR) is 106 cm³/mol. The first-order valence-electron chi connectivity index (χ1n) is 10.7. The second-order valence-corrected chi connectivity index (χ2v) is 8.94. The summed E-state index contributed by atoms with van der Waals surface area (Å²) in [4.78, 5) is 15.1. The number of allylic oxidation sites excluding steroid dienone is 2. The SMILES string of the molecule is O=C(NCc1ccccc1C(F)(F)F)[C@@H]1CC12CCN(C[C@H]1CC=CCC1)CC2. The van der Waals surface area contributed by atoms with E-state index in [0.29, 0.717) is 0 Å². The summed E-state index contributed by atoms with van der Waals surface area (Å²) in [5, 5.41) is 2.76. The topological polar surface area (TPSA) is 32.3 Å². The van der Waals surface area contributed by atoms with Crippen LogP contribution in [0.3, 0.4) is 0 Å². The lowest BCUT2D eigenvalue weighted by atomic mass is 9.88. The largest absolute Gasteiger partial charge is 0.416 e. The molecule has 1 amide bonds. The van der Waals surface area contributed by atoms with Gasteiger partial charge in [-0.15, -0.1) is 0 Å². The highest BCUT2D eigenvalue weighted by Gasteiger charge is 2.58. The van der Waals surface area contributed by atoms with Crippen LogP contribution in [0.25, 0.3) is 0 Å². The van der Waals surface area contributed by atoms with Crippen molar-refractivity contribution in [2.75, 3.05) is 19.6 Å². The van der Waals surface area contributed by atoms with Gasteiger partial charge >= 0.3 is 6.18 Å². The van der Waals surface area contributed by atoms with Crippen molar-refractivity contribution in [2.45, 2.75) is 51.2 Å². The standard InChI is InChI=1S/C23H29F3N2O/c24-23(25,26)19-9-5-4-8-18(19)15-27-21(29)20-14-22(20)10-12-28(13-11-22)16-17-6-2-1-3-7-17/h1-2,4-5,8-9,17,20H,3,6-7,10-16H2,(H,27,29)/t17-,20-/m0/s1. The Bertz CT molecular complexity index is 766. The molecule has 158 valence electrons. The van der Waals surface area contributed by atoms with E-state index < -0.39 is 11.7 Å². The van der Waals surface area contributed by atoms with E-state index in [2.05, 4.69) is 22.4 Å². The van der Waals surface area contributed by atoms with Gasteiger partial charge in [-0.25, -0.2) is 0 Å². The molecule has 2 fully saturated rings. The zero-order valence-corrected chi connectivity index (χ0v) is 16.7. The summed E-state index contributed by atoms with van der Waals surface area (Å²) in [5.74, 6) is 0.620. The van der Waals surface area contributed by atoms with E-state index >= 15 is 0 Å². The highest BCUT2D eigenvalue weighted by molar-refractivity contribution is 5.82. The third-order valence-corrected chi connectivity index (χ3v) is 7.03. The molecule has 3 aliphatic rings. The Morgan fingerprint density at radius 1 is 1.17 bits per heavy atom. The molecule has 1 aromatic rings. The van der Waals surface area contributed by atoms with Crippen molar-refractivity contribution in [3.8, 4) is 0 Å². The number of hydrogen-bond donors (Lipinski definition) is 1. The molecule has 1 saturated heterocycles. The molecule has 29 heavy (non-hydrogen) atoms. The van der Waals surface area contributed by atoms with Crippen LogP contribution in [0.2, 0.25) is 0 Å². The number of nitrogens with zero attached hydrogens (tertiary/aromatic N) is 1. The molecular formula is C23H29F3N2O. The Morgan fingerprint density at radius 2 is 1.93 bits per heavy atom. The molecule has 2 aliphatic carbocycles. The maximum atomic E-state index is 13.1. The zero-order valence-electron chi connectivity index (χ0n) is 16.7. The molecule has 1 N–H and O–H groups in total. The van der Waals surface area contributed by atoms with E-state index in [-0.39, 0.29) is 29.3 Å². The summed E-state index contributed by atoms with van der Waals surface area (Å²) in [7, 11) is 0. The number of likely N-dealkylation sites (tertiary alicyclic amines) is 1. The normalized spacial score (nSPS) is 26.4. The predicted octanol–water partition coefficient (Wildman–Crippen LogP) is 4.78. The monoisotopic (exact) mass is 406 g/mol. The Kier molecular flexibility index (Phi) is 5.74. The number of hydrogen-bond acceptors (Lipinski definition) is 2. The van der Waals surface area contributed by atoms with E-state index in [0.717, 1.165) is 50.9 Å². The van der Waals surface area contributed by atoms with Gasteiger partial charge in [0.2, 0.25) is 5.91 Å². The molecule has 3 nitrogen and oxygen atoms in total. The number of carbonyl (C=O) groups is 1. The van der Waals surface area contributed by atoms with Gasteiger partial charge in [-0.05, 0) is 74.6 Å². The van der Waals surface area contributed by atoms with Crippen molar-refractivity contribution in [3.05, 3.63) is 47.5 Å². The summed E-state index contributed by atoms with van der Waals surface area (Å²) >= 11 is 0. The Morgan fingerprint density at radius 3 is 2.62 bits per heavy atom. The van der Waals surface area contributed by atoms with Gasteiger partial charge in [0, 0.05) is 19.0 Å². The smallest absolute Gasteiger partial charge is 0.352 e. The lowest BCUT2D eigenvalue weighted by molar-refractivity contribution is -0.138. The summed E-state index contributed by atoms with van der Waals surface area (Å²) in [5.41, 5.74) is -0.465. The van der Waals surface area contributed by atoms with Crippen molar-refractivity contribution >= 4 is 5.91 Å². The number of rotatable bonds is 5. The van der Waals surface area contributed by atoms with Crippen LogP contribution in [0, 0.1) is 17.3 Å². The molecule has 0 unspecified atom stereocenters. The van der Waals surface area contributed by atoms with Crippen molar-refractivity contribution in [1.82, 2.24) is 10.2 Å². The lowest BCUT2D eigenvalue weighted by Crippen LogP contribution is -2.39. The van der Waals surface area contributed by atoms with Gasteiger partial charge in [0.15, 0.2) is 0 Å². The maximum Gasteiger partial charge on any atom is 0.416 e. The van der Waals surface area contributed by atoms with Crippen LogP contribution in [-0.4, -0.2) is 30.4 Å². The quantitative estimate of drug-likeness (QED) is 0.714. The van der Waals surface area contributed by atoms with Crippen LogP contribution < -0.4 is 5.32 Å². The van der Waals surface area contributed by atoms with E-state index in [1.807, 2.05) is 0 Å². The van der Waals surface area contributed by atoms with Crippen molar-refractivity contribution < 1.29 is 18.0 Å². The number of alkyl halides is 3. The fraction of sp³-hybridized carbons (Fsp3) is 0.609. The van der Waals surface area contributed by atoms with Gasteiger partial charge in [-0.3, -0.25) is 4.79 Å². The van der Waals surface area contributed by atoms with E-state index in [4.69, 9.17) is 0 Å². The van der Waals surface area contributed by atoms with Crippen molar-refractivity contribution in [3.63, 3.8) is 0 Å². The summed E-state index contributed by atoms with van der Waals surface area (Å²) < 4.78 is 39.3. The molecule has 4 rings (SSSR count). The third-order valence-electron chi connectivity index (χ3n) is 7.03. The molecule has 1 spiro atoms. The van der Waals surface area contributed by atoms with Crippen molar-refractivity contribution in [2.24, 2.45) is 17.3 Å². The number of piperidine rings is 1. The molecule has 1 heterocycles. The van der Waals surface area contributed by atoms with Gasteiger partial charge in [0.1, 0.15) is 0 Å². The number of amides is 1. The Hall–Kier alpha value is -1.82. The Labute approximate surface area is 170 Å². The van der Waals surface area contributed by atoms with Gasteiger partial charge in [-0.2, -0.15) is 13.2 Å². The minimum absolute atomic E-state index is 0.0414. The molecule has 1 aromatic carbocycles. The van der Waals surface area contributed by atoms with Gasteiger partial charge in [0.05, 0.1) is 5.56 Å². The van der Waals surface area contributed by atoms with Crippen LogP contribution in [0.5, 0.6) is 0 Å². The fourth-order valence-electron chi connectivity index (χ4n) is 5.10. The first kappa shape index (κ1) is 20.5. The lowest BCUT2D eigenvalue weighted by Gasteiger charge is -2.35. The Balaban J connectivity index is 1.26. The average molecular weight is 406 g/mol. The second kappa shape index (κ2) is 8.13. The van der Waals surface area contributed by atoms with Gasteiger partial charge in [0.25, 0.3) is 0 Å².